The largest absolute Gasteiger partial charge is 0.302 e. The highest BCUT2D eigenvalue weighted by molar-refractivity contribution is 7.89. The summed E-state index contributed by atoms with van der Waals surface area (Å²) in [4.78, 5) is 2.11. The molecule has 0 atom stereocenters. The van der Waals surface area contributed by atoms with Crippen molar-refractivity contribution < 1.29 is 8.42 Å². The fraction of sp³-hybridized carbons (Fsp3) is 0.500. The number of nitriles is 1. The highest BCUT2D eigenvalue weighted by Crippen LogP contribution is 2.22. The van der Waals surface area contributed by atoms with E-state index in [1.54, 1.807) is 0 Å². The van der Waals surface area contributed by atoms with Crippen LogP contribution in [0.3, 0.4) is 0 Å². The van der Waals surface area contributed by atoms with Gasteiger partial charge in [0.15, 0.2) is 0 Å². The van der Waals surface area contributed by atoms with Crippen LogP contribution < -0.4 is 4.72 Å². The smallest absolute Gasteiger partial charge is 0.242 e. The Kier molecular flexibility index (Phi) is 7.12. The molecule has 0 fully saturated rings. The molecule has 0 aromatic heterocycles. The normalized spacial score (nSPS) is 11.6. The zero-order valence-corrected chi connectivity index (χ0v) is 13.8. The lowest BCUT2D eigenvalue weighted by Crippen LogP contribution is -2.35. The SMILES string of the molecule is CCCN(CC)CCNS(=O)(=O)c1cc(C#N)ccc1Cl. The van der Waals surface area contributed by atoms with Gasteiger partial charge < -0.3 is 4.90 Å². The van der Waals surface area contributed by atoms with E-state index in [-0.39, 0.29) is 15.5 Å². The van der Waals surface area contributed by atoms with Gasteiger partial charge in [-0.3, -0.25) is 0 Å². The minimum atomic E-state index is -3.70. The standard InChI is InChI=1S/C14H20ClN3O2S/c1-3-8-18(4-2)9-7-17-21(19,20)14-10-12(11-16)5-6-13(14)15/h5-6,10,17H,3-4,7-9H2,1-2H3. The third-order valence-corrected chi connectivity index (χ3v) is 5.00. The van der Waals surface area contributed by atoms with Crippen LogP contribution in [-0.4, -0.2) is 39.5 Å². The summed E-state index contributed by atoms with van der Waals surface area (Å²) >= 11 is 5.92. The molecule has 0 heterocycles. The number of likely N-dealkylation sites (N-methyl/N-ethyl adjacent to an activating group) is 1. The molecule has 0 aliphatic heterocycles. The third-order valence-electron chi connectivity index (χ3n) is 3.06. The number of nitrogens with one attached hydrogen (secondary N) is 1. The second-order valence-corrected chi connectivity index (χ2v) is 6.73. The second-order valence-electron chi connectivity index (χ2n) is 4.59. The van der Waals surface area contributed by atoms with E-state index in [2.05, 4.69) is 16.5 Å². The first-order valence-electron chi connectivity index (χ1n) is 6.86. The van der Waals surface area contributed by atoms with E-state index in [0.717, 1.165) is 19.5 Å². The molecule has 0 saturated heterocycles. The first kappa shape index (κ1) is 17.9. The highest BCUT2D eigenvalue weighted by atomic mass is 35.5. The predicted molar refractivity (Wildman–Crippen MR) is 83.8 cm³/mol. The summed E-state index contributed by atoms with van der Waals surface area (Å²) in [6.45, 7) is 6.88. The van der Waals surface area contributed by atoms with Crippen molar-refractivity contribution in [2.24, 2.45) is 0 Å². The summed E-state index contributed by atoms with van der Waals surface area (Å²) in [5, 5.41) is 8.96. The monoisotopic (exact) mass is 329 g/mol. The van der Waals surface area contributed by atoms with Crippen LogP contribution in [0.2, 0.25) is 5.02 Å². The van der Waals surface area contributed by atoms with E-state index in [1.165, 1.54) is 18.2 Å². The Balaban J connectivity index is 2.76. The van der Waals surface area contributed by atoms with Crippen LogP contribution in [0.15, 0.2) is 23.1 Å². The minimum Gasteiger partial charge on any atom is -0.302 e. The summed E-state index contributed by atoms with van der Waals surface area (Å²) in [6, 6.07) is 6.10. The molecule has 5 nitrogen and oxygen atoms in total. The molecule has 1 N–H and O–H groups in total. The number of hydrogen-bond donors (Lipinski definition) is 1. The molecule has 0 aliphatic rings. The van der Waals surface area contributed by atoms with Crippen molar-refractivity contribution in [2.45, 2.75) is 25.2 Å². The average Bonchev–Trinajstić information content (AvgIpc) is 2.46. The van der Waals surface area contributed by atoms with Crippen LogP contribution >= 0.6 is 11.6 Å². The van der Waals surface area contributed by atoms with Crippen LogP contribution in [0.4, 0.5) is 0 Å². The second kappa shape index (κ2) is 8.35. The van der Waals surface area contributed by atoms with Crippen molar-refractivity contribution in [1.82, 2.24) is 9.62 Å². The van der Waals surface area contributed by atoms with Gasteiger partial charge in [0, 0.05) is 13.1 Å². The van der Waals surface area contributed by atoms with Crippen molar-refractivity contribution in [3.05, 3.63) is 28.8 Å². The number of sulfonamides is 1. The van der Waals surface area contributed by atoms with Crippen molar-refractivity contribution in [3.63, 3.8) is 0 Å². The first-order valence-corrected chi connectivity index (χ1v) is 8.72. The molecule has 116 valence electrons. The zero-order chi connectivity index (χ0) is 15.9. The van der Waals surface area contributed by atoms with E-state index >= 15 is 0 Å². The van der Waals surface area contributed by atoms with Gasteiger partial charge in [-0.1, -0.05) is 25.4 Å². The maximum Gasteiger partial charge on any atom is 0.242 e. The predicted octanol–water partition coefficient (Wildman–Crippen LogP) is 2.22. The van der Waals surface area contributed by atoms with Crippen LogP contribution in [0, 0.1) is 11.3 Å². The molecule has 0 radical (unpaired) electrons. The summed E-state index contributed by atoms with van der Waals surface area (Å²) in [7, 11) is -3.70. The van der Waals surface area contributed by atoms with Crippen molar-refractivity contribution in [1.29, 1.82) is 5.26 Å². The van der Waals surface area contributed by atoms with Gasteiger partial charge >= 0.3 is 0 Å². The highest BCUT2D eigenvalue weighted by Gasteiger charge is 2.18. The van der Waals surface area contributed by atoms with Gasteiger partial charge in [-0.2, -0.15) is 5.26 Å². The molecule has 21 heavy (non-hydrogen) atoms. The Morgan fingerprint density at radius 2 is 2.05 bits per heavy atom. The maximum atomic E-state index is 12.2. The lowest BCUT2D eigenvalue weighted by atomic mass is 10.2. The van der Waals surface area contributed by atoms with E-state index in [4.69, 9.17) is 16.9 Å². The third kappa shape index (κ3) is 5.29. The molecule has 0 unspecified atom stereocenters. The molecule has 0 aliphatic carbocycles. The Morgan fingerprint density at radius 3 is 2.62 bits per heavy atom. The number of benzene rings is 1. The van der Waals surface area contributed by atoms with Crippen LogP contribution in [0.25, 0.3) is 0 Å². The first-order chi connectivity index (χ1) is 9.94. The Labute approximate surface area is 131 Å². The van der Waals surface area contributed by atoms with Crippen molar-refractivity contribution in [3.8, 4) is 6.07 Å². The van der Waals surface area contributed by atoms with Crippen LogP contribution in [0.5, 0.6) is 0 Å². The van der Waals surface area contributed by atoms with Gasteiger partial charge in [-0.25, -0.2) is 13.1 Å². The van der Waals surface area contributed by atoms with Gasteiger partial charge in [0.2, 0.25) is 10.0 Å². The van der Waals surface area contributed by atoms with Gasteiger partial charge in [0.05, 0.1) is 16.7 Å². The number of hydrogen-bond acceptors (Lipinski definition) is 4. The van der Waals surface area contributed by atoms with Crippen LogP contribution in [0.1, 0.15) is 25.8 Å². The zero-order valence-electron chi connectivity index (χ0n) is 12.3. The number of rotatable bonds is 8. The van der Waals surface area contributed by atoms with Gasteiger partial charge in [-0.15, -0.1) is 0 Å². The summed E-state index contributed by atoms with van der Waals surface area (Å²) in [5.41, 5.74) is 0.265. The fourth-order valence-electron chi connectivity index (χ4n) is 1.94. The summed E-state index contributed by atoms with van der Waals surface area (Å²) < 4.78 is 27.0. The van der Waals surface area contributed by atoms with Gasteiger partial charge in [-0.05, 0) is 37.7 Å². The molecule has 0 bridgehead atoms. The quantitative estimate of drug-likeness (QED) is 0.793. The molecule has 1 aromatic carbocycles. The molecule has 1 rings (SSSR count). The Bertz CT molecular complexity index is 611. The minimum absolute atomic E-state index is 0.0539. The topological polar surface area (TPSA) is 73.2 Å². The molecular formula is C14H20ClN3O2S. The van der Waals surface area contributed by atoms with E-state index < -0.39 is 10.0 Å². The Morgan fingerprint density at radius 1 is 1.33 bits per heavy atom. The van der Waals surface area contributed by atoms with E-state index in [1.807, 2.05) is 13.0 Å². The molecule has 7 heteroatoms. The van der Waals surface area contributed by atoms with Crippen LogP contribution in [-0.2, 0) is 10.0 Å². The molecule has 0 saturated carbocycles. The van der Waals surface area contributed by atoms with Crippen molar-refractivity contribution in [2.75, 3.05) is 26.2 Å². The number of halogens is 1. The average molecular weight is 330 g/mol. The summed E-state index contributed by atoms with van der Waals surface area (Å²) in [6.07, 6.45) is 1.02. The molecule has 0 spiro atoms. The lowest BCUT2D eigenvalue weighted by molar-refractivity contribution is 0.293. The lowest BCUT2D eigenvalue weighted by Gasteiger charge is -2.19. The van der Waals surface area contributed by atoms with E-state index in [9.17, 15) is 8.42 Å². The van der Waals surface area contributed by atoms with Crippen molar-refractivity contribution >= 4 is 21.6 Å². The molecule has 0 amide bonds. The van der Waals surface area contributed by atoms with E-state index in [0.29, 0.717) is 13.1 Å². The summed E-state index contributed by atoms with van der Waals surface area (Å²) in [5.74, 6) is 0. The number of nitrogens with zero attached hydrogens (tertiary/aromatic N) is 2. The van der Waals surface area contributed by atoms with Gasteiger partial charge in [0.25, 0.3) is 0 Å². The molecular weight excluding hydrogens is 310 g/mol. The van der Waals surface area contributed by atoms with Gasteiger partial charge in [0.1, 0.15) is 4.90 Å². The Hall–Kier alpha value is -1.13. The maximum absolute atomic E-state index is 12.2. The fourth-order valence-corrected chi connectivity index (χ4v) is 3.48. The molecule has 1 aromatic rings.